The van der Waals surface area contributed by atoms with Gasteiger partial charge in [0, 0.05) is 6.54 Å². The first kappa shape index (κ1) is 16.4. The summed E-state index contributed by atoms with van der Waals surface area (Å²) in [4.78, 5) is 11.8. The highest BCUT2D eigenvalue weighted by atomic mass is 32.2. The summed E-state index contributed by atoms with van der Waals surface area (Å²) >= 11 is 0. The number of nitrogens with zero attached hydrogens (tertiary/aromatic N) is 1. The lowest BCUT2D eigenvalue weighted by Gasteiger charge is -2.25. The average Bonchev–Trinajstić information content (AvgIpc) is 2.25. The van der Waals surface area contributed by atoms with Gasteiger partial charge in [0.1, 0.15) is 12.4 Å². The Bertz CT molecular complexity index is 601. The molecular formula is C12H17FN2O4S. The van der Waals surface area contributed by atoms with E-state index >= 15 is 0 Å². The second kappa shape index (κ2) is 6.19. The monoisotopic (exact) mass is 304 g/mol. The van der Waals surface area contributed by atoms with Crippen molar-refractivity contribution in [2.45, 2.75) is 18.7 Å². The van der Waals surface area contributed by atoms with Gasteiger partial charge in [0.25, 0.3) is 0 Å². The Morgan fingerprint density at radius 2 is 2.05 bits per heavy atom. The Morgan fingerprint density at radius 1 is 1.45 bits per heavy atom. The summed E-state index contributed by atoms with van der Waals surface area (Å²) in [6.07, 6.45) is 0. The fraction of sp³-hybridized carbons (Fsp3) is 0.417. The maximum atomic E-state index is 14.0. The molecule has 6 nitrogen and oxygen atoms in total. The highest BCUT2D eigenvalue weighted by Crippen LogP contribution is 2.23. The van der Waals surface area contributed by atoms with Crippen molar-refractivity contribution in [2.75, 3.05) is 18.0 Å². The number of anilines is 1. The maximum Gasteiger partial charge on any atom is 0.323 e. The molecule has 0 heterocycles. The van der Waals surface area contributed by atoms with Crippen LogP contribution in [0.25, 0.3) is 0 Å². The van der Waals surface area contributed by atoms with E-state index in [2.05, 4.69) is 0 Å². The maximum absolute atomic E-state index is 14.0. The molecule has 0 aromatic heterocycles. The number of rotatable bonds is 6. The van der Waals surface area contributed by atoms with Crippen LogP contribution in [0, 0.1) is 11.7 Å². The first-order valence-electron chi connectivity index (χ1n) is 5.90. The van der Waals surface area contributed by atoms with Crippen molar-refractivity contribution in [3.8, 4) is 0 Å². The van der Waals surface area contributed by atoms with Crippen LogP contribution in [-0.4, -0.2) is 32.6 Å². The number of benzene rings is 1. The van der Waals surface area contributed by atoms with Crippen molar-refractivity contribution in [2.24, 2.45) is 11.1 Å². The Balaban J connectivity index is 3.17. The summed E-state index contributed by atoms with van der Waals surface area (Å²) in [5.74, 6) is -1.80. The van der Waals surface area contributed by atoms with Gasteiger partial charge in [0.05, 0.1) is 10.6 Å². The van der Waals surface area contributed by atoms with E-state index in [1.54, 1.807) is 0 Å². The summed E-state index contributed by atoms with van der Waals surface area (Å²) in [5, 5.41) is 13.8. The third-order valence-corrected chi connectivity index (χ3v) is 3.41. The highest BCUT2D eigenvalue weighted by Gasteiger charge is 2.18. The molecule has 0 bridgehead atoms. The zero-order valence-corrected chi connectivity index (χ0v) is 12.0. The number of carboxylic acids is 1. The van der Waals surface area contributed by atoms with Gasteiger partial charge in [-0.3, -0.25) is 4.79 Å². The van der Waals surface area contributed by atoms with Crippen molar-refractivity contribution in [3.63, 3.8) is 0 Å². The number of sulfonamides is 1. The molecule has 0 spiro atoms. The minimum atomic E-state index is -3.99. The van der Waals surface area contributed by atoms with Crippen molar-refractivity contribution in [1.29, 1.82) is 0 Å². The Kier molecular flexibility index (Phi) is 5.07. The van der Waals surface area contributed by atoms with E-state index in [1.807, 2.05) is 13.8 Å². The van der Waals surface area contributed by atoms with Gasteiger partial charge < -0.3 is 10.0 Å². The minimum absolute atomic E-state index is 0.0356. The normalized spacial score (nSPS) is 11.7. The van der Waals surface area contributed by atoms with Crippen molar-refractivity contribution < 1.29 is 22.7 Å². The zero-order chi connectivity index (χ0) is 15.5. The third kappa shape index (κ3) is 4.46. The molecule has 1 aromatic carbocycles. The van der Waals surface area contributed by atoms with E-state index in [0.29, 0.717) is 6.54 Å². The number of primary sulfonamides is 1. The standard InChI is InChI=1S/C12H17FN2O4S/c1-8(2)6-15(7-12(16)17)11-4-3-9(5-10(11)13)20(14,18)19/h3-5,8H,6-7H2,1-2H3,(H,16,17)(H2,14,18,19). The molecule has 0 radical (unpaired) electrons. The van der Waals surface area contributed by atoms with E-state index in [0.717, 1.165) is 12.1 Å². The SMILES string of the molecule is CC(C)CN(CC(=O)O)c1ccc(S(N)(=O)=O)cc1F. The number of halogens is 1. The zero-order valence-electron chi connectivity index (χ0n) is 11.2. The van der Waals surface area contributed by atoms with Gasteiger partial charge in [0.2, 0.25) is 10.0 Å². The van der Waals surface area contributed by atoms with Crippen LogP contribution in [0.4, 0.5) is 10.1 Å². The van der Waals surface area contributed by atoms with Crippen molar-refractivity contribution in [3.05, 3.63) is 24.0 Å². The molecule has 1 rings (SSSR count). The molecule has 0 unspecified atom stereocenters. The first-order valence-corrected chi connectivity index (χ1v) is 7.45. The van der Waals surface area contributed by atoms with Gasteiger partial charge >= 0.3 is 5.97 Å². The average molecular weight is 304 g/mol. The van der Waals surface area contributed by atoms with E-state index < -0.39 is 21.8 Å². The van der Waals surface area contributed by atoms with Gasteiger partial charge in [-0.1, -0.05) is 13.8 Å². The summed E-state index contributed by atoms with van der Waals surface area (Å²) < 4.78 is 36.2. The Morgan fingerprint density at radius 3 is 2.45 bits per heavy atom. The summed E-state index contributed by atoms with van der Waals surface area (Å²) in [7, 11) is -3.99. The molecule has 112 valence electrons. The number of hydrogen-bond acceptors (Lipinski definition) is 4. The predicted octanol–water partition coefficient (Wildman–Crippen LogP) is 1.02. The van der Waals surface area contributed by atoms with Gasteiger partial charge in [-0.15, -0.1) is 0 Å². The number of hydrogen-bond donors (Lipinski definition) is 2. The lowest BCUT2D eigenvalue weighted by molar-refractivity contribution is -0.135. The van der Waals surface area contributed by atoms with Crippen molar-refractivity contribution >= 4 is 21.7 Å². The molecule has 0 fully saturated rings. The highest BCUT2D eigenvalue weighted by molar-refractivity contribution is 7.89. The molecule has 8 heteroatoms. The fourth-order valence-electron chi connectivity index (χ4n) is 1.77. The number of carbonyl (C=O) groups is 1. The number of carboxylic acid groups (broad SMARTS) is 1. The second-order valence-electron chi connectivity index (χ2n) is 4.83. The topological polar surface area (TPSA) is 101 Å². The van der Waals surface area contributed by atoms with E-state index in [1.165, 1.54) is 11.0 Å². The minimum Gasteiger partial charge on any atom is -0.480 e. The molecule has 0 amide bonds. The van der Waals surface area contributed by atoms with Crippen LogP contribution in [0.1, 0.15) is 13.8 Å². The van der Waals surface area contributed by atoms with Gasteiger partial charge in [-0.25, -0.2) is 17.9 Å². The van der Waals surface area contributed by atoms with E-state index in [-0.39, 0.29) is 23.0 Å². The largest absolute Gasteiger partial charge is 0.480 e. The summed E-state index contributed by atoms with van der Waals surface area (Å²) in [6, 6.07) is 3.17. The molecule has 3 N–H and O–H groups in total. The lowest BCUT2D eigenvalue weighted by atomic mass is 10.2. The fourth-order valence-corrected chi connectivity index (χ4v) is 2.30. The quantitative estimate of drug-likeness (QED) is 0.817. The smallest absolute Gasteiger partial charge is 0.323 e. The van der Waals surface area contributed by atoms with Crippen LogP contribution in [0.2, 0.25) is 0 Å². The van der Waals surface area contributed by atoms with Crippen LogP contribution in [0.5, 0.6) is 0 Å². The van der Waals surface area contributed by atoms with Crippen LogP contribution >= 0.6 is 0 Å². The molecule has 0 aliphatic rings. The van der Waals surface area contributed by atoms with Crippen LogP contribution in [0.15, 0.2) is 23.1 Å². The Labute approximate surface area is 117 Å². The molecule has 0 saturated carbocycles. The molecule has 1 aromatic rings. The first-order chi connectivity index (χ1) is 9.11. The van der Waals surface area contributed by atoms with E-state index in [9.17, 15) is 17.6 Å². The van der Waals surface area contributed by atoms with Crippen molar-refractivity contribution in [1.82, 2.24) is 0 Å². The van der Waals surface area contributed by atoms with Crippen LogP contribution in [-0.2, 0) is 14.8 Å². The second-order valence-corrected chi connectivity index (χ2v) is 6.39. The molecule has 0 aliphatic carbocycles. The molecule has 0 atom stereocenters. The van der Waals surface area contributed by atoms with Gasteiger partial charge in [-0.2, -0.15) is 0 Å². The van der Waals surface area contributed by atoms with Gasteiger partial charge in [0.15, 0.2) is 0 Å². The number of aliphatic carboxylic acids is 1. The Hall–Kier alpha value is -1.67. The summed E-state index contributed by atoms with van der Waals surface area (Å²) in [5.41, 5.74) is 0.0356. The lowest BCUT2D eigenvalue weighted by Crippen LogP contribution is -2.33. The number of nitrogens with two attached hydrogens (primary N) is 1. The molecular weight excluding hydrogens is 287 g/mol. The van der Waals surface area contributed by atoms with Crippen LogP contribution < -0.4 is 10.0 Å². The summed E-state index contributed by atoms with van der Waals surface area (Å²) in [6.45, 7) is 3.69. The molecule has 0 aliphatic heterocycles. The molecule has 20 heavy (non-hydrogen) atoms. The van der Waals surface area contributed by atoms with Gasteiger partial charge in [-0.05, 0) is 24.1 Å². The third-order valence-electron chi connectivity index (χ3n) is 2.50. The van der Waals surface area contributed by atoms with E-state index in [4.69, 9.17) is 10.2 Å². The van der Waals surface area contributed by atoms with Crippen LogP contribution in [0.3, 0.4) is 0 Å². The molecule has 0 saturated heterocycles. The predicted molar refractivity (Wildman–Crippen MR) is 72.5 cm³/mol.